The molecule has 0 aliphatic carbocycles. The van der Waals surface area contributed by atoms with Crippen LogP contribution in [0.5, 0.6) is 5.75 Å². The predicted molar refractivity (Wildman–Crippen MR) is 129 cm³/mol. The van der Waals surface area contributed by atoms with Gasteiger partial charge in [-0.25, -0.2) is 4.98 Å². The van der Waals surface area contributed by atoms with Gasteiger partial charge in [0.25, 0.3) is 0 Å². The zero-order valence-corrected chi connectivity index (χ0v) is 19.4. The first-order valence-corrected chi connectivity index (χ1v) is 9.99. The minimum atomic E-state index is 0. The summed E-state index contributed by atoms with van der Waals surface area (Å²) >= 11 is 0. The molecule has 3 aromatic rings. The summed E-state index contributed by atoms with van der Waals surface area (Å²) in [4.78, 5) is 11.1. The van der Waals surface area contributed by atoms with Crippen LogP contribution in [-0.2, 0) is 6.54 Å². The lowest BCUT2D eigenvalue weighted by molar-refractivity contribution is 0.129. The number of halogens is 1. The van der Waals surface area contributed by atoms with E-state index in [2.05, 4.69) is 20.2 Å². The lowest BCUT2D eigenvalue weighted by Gasteiger charge is -2.34. The first-order chi connectivity index (χ1) is 14.3. The molecule has 6 nitrogen and oxygen atoms in total. The third-order valence-electron chi connectivity index (χ3n) is 5.01. The van der Waals surface area contributed by atoms with Gasteiger partial charge in [-0.15, -0.1) is 24.0 Å². The average molecular weight is 518 g/mol. The van der Waals surface area contributed by atoms with Gasteiger partial charge in [-0.2, -0.15) is 0 Å². The Morgan fingerprint density at radius 3 is 2.43 bits per heavy atom. The van der Waals surface area contributed by atoms with Crippen LogP contribution in [0.15, 0.2) is 76.3 Å². The van der Waals surface area contributed by atoms with Gasteiger partial charge in [0, 0.05) is 38.5 Å². The average Bonchev–Trinajstić information content (AvgIpc) is 3.26. The maximum Gasteiger partial charge on any atom is 0.214 e. The number of hydrogen-bond donors (Lipinski definition) is 1. The summed E-state index contributed by atoms with van der Waals surface area (Å²) in [5.74, 6) is 3.22. The normalized spacial score (nSPS) is 14.8. The second-order valence-corrected chi connectivity index (χ2v) is 7.00. The van der Waals surface area contributed by atoms with E-state index in [0.29, 0.717) is 12.4 Å². The number of piperidine rings is 1. The number of guanidine groups is 1. The Hall–Kier alpha value is -2.55. The van der Waals surface area contributed by atoms with Crippen LogP contribution in [0.1, 0.15) is 18.7 Å². The molecule has 7 heteroatoms. The number of para-hydroxylation sites is 1. The van der Waals surface area contributed by atoms with Gasteiger partial charge in [0.15, 0.2) is 11.7 Å². The summed E-state index contributed by atoms with van der Waals surface area (Å²) in [6.45, 7) is 2.30. The monoisotopic (exact) mass is 518 g/mol. The van der Waals surface area contributed by atoms with Crippen molar-refractivity contribution in [2.45, 2.75) is 25.5 Å². The molecule has 1 saturated heterocycles. The van der Waals surface area contributed by atoms with E-state index in [1.165, 1.54) is 0 Å². The molecular formula is C23H27IN4O2. The fourth-order valence-corrected chi connectivity index (χ4v) is 3.49. The van der Waals surface area contributed by atoms with Crippen LogP contribution in [-0.4, -0.2) is 42.1 Å². The van der Waals surface area contributed by atoms with Gasteiger partial charge in [-0.1, -0.05) is 48.5 Å². The van der Waals surface area contributed by atoms with Crippen molar-refractivity contribution in [2.24, 2.45) is 4.99 Å². The van der Waals surface area contributed by atoms with Crippen LogP contribution in [0.4, 0.5) is 0 Å². The molecule has 0 atom stereocenters. The number of ether oxygens (including phenoxy) is 1. The molecule has 1 aliphatic heterocycles. The quantitative estimate of drug-likeness (QED) is 0.305. The molecule has 158 valence electrons. The molecule has 4 rings (SSSR count). The van der Waals surface area contributed by atoms with Crippen molar-refractivity contribution in [1.82, 2.24) is 15.2 Å². The largest absolute Gasteiger partial charge is 0.490 e. The second-order valence-electron chi connectivity index (χ2n) is 7.00. The lowest BCUT2D eigenvalue weighted by atomic mass is 10.1. The van der Waals surface area contributed by atoms with E-state index in [1.807, 2.05) is 60.7 Å². The number of hydrogen-bond acceptors (Lipinski definition) is 4. The van der Waals surface area contributed by atoms with Crippen LogP contribution < -0.4 is 10.1 Å². The SMILES string of the molecule is CN=C(NCc1ncc(-c2ccccc2)o1)N1CCC(Oc2ccccc2)CC1.I. The Bertz CT molecular complexity index is 923. The second kappa shape index (κ2) is 11.0. The minimum Gasteiger partial charge on any atom is -0.490 e. The van der Waals surface area contributed by atoms with Crippen LogP contribution >= 0.6 is 24.0 Å². The van der Waals surface area contributed by atoms with E-state index in [9.17, 15) is 0 Å². The Kier molecular flexibility index (Phi) is 8.12. The molecule has 1 aliphatic rings. The summed E-state index contributed by atoms with van der Waals surface area (Å²) in [5.41, 5.74) is 1.02. The van der Waals surface area contributed by atoms with Crippen LogP contribution in [0.25, 0.3) is 11.3 Å². The Morgan fingerprint density at radius 2 is 1.77 bits per heavy atom. The predicted octanol–water partition coefficient (Wildman–Crippen LogP) is 4.58. The molecule has 1 fully saturated rings. The van der Waals surface area contributed by atoms with Gasteiger partial charge in [0.1, 0.15) is 11.9 Å². The molecule has 2 aromatic carbocycles. The van der Waals surface area contributed by atoms with Crippen molar-refractivity contribution >= 4 is 29.9 Å². The van der Waals surface area contributed by atoms with Gasteiger partial charge in [-0.05, 0) is 12.1 Å². The fraction of sp³-hybridized carbons (Fsp3) is 0.304. The van der Waals surface area contributed by atoms with Crippen molar-refractivity contribution in [3.05, 3.63) is 72.8 Å². The highest BCUT2D eigenvalue weighted by atomic mass is 127. The van der Waals surface area contributed by atoms with Crippen LogP contribution in [0, 0.1) is 0 Å². The van der Waals surface area contributed by atoms with Gasteiger partial charge >= 0.3 is 0 Å². The molecule has 0 amide bonds. The maximum atomic E-state index is 6.08. The van der Waals surface area contributed by atoms with Crippen molar-refractivity contribution in [3.63, 3.8) is 0 Å². The third kappa shape index (κ3) is 5.75. The molecule has 1 N–H and O–H groups in total. The molecule has 0 unspecified atom stereocenters. The number of rotatable bonds is 5. The number of nitrogens with zero attached hydrogens (tertiary/aromatic N) is 3. The number of nitrogens with one attached hydrogen (secondary N) is 1. The maximum absolute atomic E-state index is 6.08. The highest BCUT2D eigenvalue weighted by Gasteiger charge is 2.23. The third-order valence-corrected chi connectivity index (χ3v) is 5.01. The number of oxazole rings is 1. The lowest BCUT2D eigenvalue weighted by Crippen LogP contribution is -2.47. The number of aromatic nitrogens is 1. The molecule has 0 bridgehead atoms. The Labute approximate surface area is 194 Å². The Balaban J connectivity index is 0.00000256. The topological polar surface area (TPSA) is 62.9 Å². The van der Waals surface area contributed by atoms with E-state index < -0.39 is 0 Å². The minimum absolute atomic E-state index is 0. The molecule has 0 radical (unpaired) electrons. The molecule has 1 aromatic heterocycles. The standard InChI is InChI=1S/C23H26N4O2.HI/c1-24-23(26-17-22-25-16-21(29-22)18-8-4-2-5-9-18)27-14-12-20(13-15-27)28-19-10-6-3-7-11-19;/h2-11,16,20H,12-15,17H2,1H3,(H,24,26);1H. The molecule has 0 saturated carbocycles. The summed E-state index contributed by atoms with van der Waals surface area (Å²) in [6.07, 6.45) is 3.94. The first kappa shape index (κ1) is 22.1. The van der Waals surface area contributed by atoms with E-state index >= 15 is 0 Å². The van der Waals surface area contributed by atoms with Crippen molar-refractivity contribution in [1.29, 1.82) is 0 Å². The van der Waals surface area contributed by atoms with Crippen LogP contribution in [0.3, 0.4) is 0 Å². The number of benzene rings is 2. The molecule has 2 heterocycles. The van der Waals surface area contributed by atoms with Crippen molar-refractivity contribution < 1.29 is 9.15 Å². The molecular weight excluding hydrogens is 491 g/mol. The van der Waals surface area contributed by atoms with Crippen LogP contribution in [0.2, 0.25) is 0 Å². The van der Waals surface area contributed by atoms with Gasteiger partial charge < -0.3 is 19.4 Å². The smallest absolute Gasteiger partial charge is 0.214 e. The van der Waals surface area contributed by atoms with Gasteiger partial charge in [-0.3, -0.25) is 4.99 Å². The zero-order valence-electron chi connectivity index (χ0n) is 17.0. The number of likely N-dealkylation sites (tertiary alicyclic amines) is 1. The van der Waals surface area contributed by atoms with Crippen molar-refractivity contribution in [2.75, 3.05) is 20.1 Å². The summed E-state index contributed by atoms with van der Waals surface area (Å²) < 4.78 is 11.9. The highest BCUT2D eigenvalue weighted by molar-refractivity contribution is 14.0. The summed E-state index contributed by atoms with van der Waals surface area (Å²) in [5, 5.41) is 3.36. The molecule has 30 heavy (non-hydrogen) atoms. The summed E-state index contributed by atoms with van der Waals surface area (Å²) in [6, 6.07) is 20.0. The van der Waals surface area contributed by atoms with Gasteiger partial charge in [0.05, 0.1) is 12.7 Å². The number of aliphatic imine (C=N–C) groups is 1. The Morgan fingerprint density at radius 1 is 1.10 bits per heavy atom. The van der Waals surface area contributed by atoms with E-state index in [-0.39, 0.29) is 30.1 Å². The van der Waals surface area contributed by atoms with Gasteiger partial charge in [0.2, 0.25) is 5.89 Å². The van der Waals surface area contributed by atoms with E-state index in [1.54, 1.807) is 13.2 Å². The van der Waals surface area contributed by atoms with E-state index in [4.69, 9.17) is 9.15 Å². The fourth-order valence-electron chi connectivity index (χ4n) is 3.49. The van der Waals surface area contributed by atoms with E-state index in [0.717, 1.165) is 49.0 Å². The van der Waals surface area contributed by atoms with Crippen molar-refractivity contribution in [3.8, 4) is 17.1 Å². The molecule has 0 spiro atoms. The zero-order chi connectivity index (χ0) is 19.9. The summed E-state index contributed by atoms with van der Waals surface area (Å²) in [7, 11) is 1.81. The highest BCUT2D eigenvalue weighted by Crippen LogP contribution is 2.20. The first-order valence-electron chi connectivity index (χ1n) is 9.99.